The van der Waals surface area contributed by atoms with Gasteiger partial charge < -0.3 is 9.47 Å². The van der Waals surface area contributed by atoms with Crippen molar-refractivity contribution in [3.05, 3.63) is 0 Å². The highest BCUT2D eigenvalue weighted by Crippen LogP contribution is 2.41. The largest absolute Gasteiger partial charge is 0.465 e. The van der Waals surface area contributed by atoms with Crippen LogP contribution >= 0.6 is 11.6 Å². The Kier molecular flexibility index (Phi) is 12.6. The standard InChI is InChI=1S/C18H28ClF5O4/c1-3-27-15(25)14(16(26)28-4-2)13(9-7-5-6-8-12-19)10-11-17(20,21)18(22,23)24/h13-14H,3-12H2,1-2H3. The second-order valence-corrected chi connectivity index (χ2v) is 6.75. The van der Waals surface area contributed by atoms with E-state index in [9.17, 15) is 31.5 Å². The SMILES string of the molecule is CCOC(=O)C(C(=O)OCC)C(CCCCCCCl)CCC(F)(F)C(F)(F)F. The molecular weight excluding hydrogens is 411 g/mol. The minimum Gasteiger partial charge on any atom is -0.465 e. The summed E-state index contributed by atoms with van der Waals surface area (Å²) >= 11 is 5.58. The molecule has 0 aromatic rings. The molecule has 0 bridgehead atoms. The Bertz CT molecular complexity index is 453. The van der Waals surface area contributed by atoms with Gasteiger partial charge in [0.25, 0.3) is 0 Å². The molecule has 4 nitrogen and oxygen atoms in total. The van der Waals surface area contributed by atoms with Gasteiger partial charge in [-0.25, -0.2) is 0 Å². The van der Waals surface area contributed by atoms with Crippen LogP contribution in [0, 0.1) is 11.8 Å². The first kappa shape index (κ1) is 26.9. The van der Waals surface area contributed by atoms with Gasteiger partial charge in [-0.1, -0.05) is 19.3 Å². The number of esters is 2. The topological polar surface area (TPSA) is 52.6 Å². The molecule has 0 spiro atoms. The van der Waals surface area contributed by atoms with E-state index >= 15 is 0 Å². The van der Waals surface area contributed by atoms with Crippen LogP contribution in [0.5, 0.6) is 0 Å². The summed E-state index contributed by atoms with van der Waals surface area (Å²) in [6.45, 7) is 2.88. The van der Waals surface area contributed by atoms with Crippen molar-refractivity contribution in [3.8, 4) is 0 Å². The van der Waals surface area contributed by atoms with E-state index in [0.717, 1.165) is 12.8 Å². The number of unbranched alkanes of at least 4 members (excludes halogenated alkanes) is 3. The minimum absolute atomic E-state index is 0.0596. The van der Waals surface area contributed by atoms with E-state index in [1.165, 1.54) is 13.8 Å². The molecule has 0 aliphatic carbocycles. The Hall–Kier alpha value is -1.12. The fourth-order valence-corrected chi connectivity index (χ4v) is 2.97. The molecule has 10 heteroatoms. The third-order valence-electron chi connectivity index (χ3n) is 4.25. The van der Waals surface area contributed by atoms with Crippen LogP contribution in [0.15, 0.2) is 0 Å². The Morgan fingerprint density at radius 3 is 1.79 bits per heavy atom. The van der Waals surface area contributed by atoms with E-state index in [1.807, 2.05) is 0 Å². The van der Waals surface area contributed by atoms with Gasteiger partial charge >= 0.3 is 24.0 Å². The summed E-state index contributed by atoms with van der Waals surface area (Å²) in [5.41, 5.74) is 0. The zero-order valence-corrected chi connectivity index (χ0v) is 16.9. The molecule has 0 aromatic carbocycles. The van der Waals surface area contributed by atoms with Gasteiger partial charge in [-0.05, 0) is 39.0 Å². The number of carbonyl (C=O) groups excluding carboxylic acids is 2. The number of hydrogen-bond donors (Lipinski definition) is 0. The van der Waals surface area contributed by atoms with Crippen LogP contribution in [0.25, 0.3) is 0 Å². The first-order valence-electron chi connectivity index (χ1n) is 9.35. The average molecular weight is 439 g/mol. The fraction of sp³-hybridized carbons (Fsp3) is 0.889. The minimum atomic E-state index is -5.69. The molecule has 166 valence electrons. The Balaban J connectivity index is 5.36. The maximum atomic E-state index is 13.4. The molecule has 28 heavy (non-hydrogen) atoms. The van der Waals surface area contributed by atoms with E-state index in [-0.39, 0.29) is 19.6 Å². The highest BCUT2D eigenvalue weighted by Gasteiger charge is 2.57. The summed E-state index contributed by atoms with van der Waals surface area (Å²) in [6.07, 6.45) is -5.16. The van der Waals surface area contributed by atoms with Gasteiger partial charge in [-0.15, -0.1) is 11.6 Å². The lowest BCUT2D eigenvalue weighted by Gasteiger charge is -2.27. The van der Waals surface area contributed by atoms with Crippen molar-refractivity contribution < 1.29 is 41.0 Å². The van der Waals surface area contributed by atoms with Gasteiger partial charge in [0.15, 0.2) is 5.92 Å². The van der Waals surface area contributed by atoms with Crippen molar-refractivity contribution in [1.82, 2.24) is 0 Å². The van der Waals surface area contributed by atoms with Crippen molar-refractivity contribution in [2.24, 2.45) is 11.8 Å². The fourth-order valence-electron chi connectivity index (χ4n) is 2.79. The molecule has 1 unspecified atom stereocenters. The van der Waals surface area contributed by atoms with E-state index in [0.29, 0.717) is 18.7 Å². The Morgan fingerprint density at radius 2 is 1.36 bits per heavy atom. The van der Waals surface area contributed by atoms with Crippen LogP contribution in [0.3, 0.4) is 0 Å². The third-order valence-corrected chi connectivity index (χ3v) is 4.52. The molecule has 0 radical (unpaired) electrons. The molecular formula is C18H28ClF5O4. The van der Waals surface area contributed by atoms with Gasteiger partial charge in [0.2, 0.25) is 0 Å². The third kappa shape index (κ3) is 9.39. The van der Waals surface area contributed by atoms with E-state index in [1.54, 1.807) is 0 Å². The average Bonchev–Trinajstić information content (AvgIpc) is 2.58. The second kappa shape index (κ2) is 13.2. The smallest absolute Gasteiger partial charge is 0.453 e. The van der Waals surface area contributed by atoms with Crippen molar-refractivity contribution in [3.63, 3.8) is 0 Å². The van der Waals surface area contributed by atoms with E-state index in [4.69, 9.17) is 21.1 Å². The van der Waals surface area contributed by atoms with Gasteiger partial charge in [0.05, 0.1) is 13.2 Å². The van der Waals surface area contributed by atoms with Crippen molar-refractivity contribution >= 4 is 23.5 Å². The summed E-state index contributed by atoms with van der Waals surface area (Å²) in [4.78, 5) is 24.4. The zero-order valence-electron chi connectivity index (χ0n) is 16.1. The molecule has 0 amide bonds. The summed E-state index contributed by atoms with van der Waals surface area (Å²) in [6, 6.07) is 0. The number of hydrogen-bond acceptors (Lipinski definition) is 4. The van der Waals surface area contributed by atoms with Crippen LogP contribution in [-0.4, -0.2) is 43.1 Å². The molecule has 1 atom stereocenters. The lowest BCUT2D eigenvalue weighted by atomic mass is 9.83. The first-order valence-corrected chi connectivity index (χ1v) is 9.89. The molecule has 0 aliphatic rings. The first-order chi connectivity index (χ1) is 13.0. The predicted molar refractivity (Wildman–Crippen MR) is 94.3 cm³/mol. The van der Waals surface area contributed by atoms with Gasteiger partial charge in [-0.3, -0.25) is 9.59 Å². The van der Waals surface area contributed by atoms with Crippen LogP contribution in [0.4, 0.5) is 22.0 Å². The summed E-state index contributed by atoms with van der Waals surface area (Å²) in [5, 5.41) is 0. The number of rotatable bonds is 14. The summed E-state index contributed by atoms with van der Waals surface area (Å²) in [5.74, 6) is -8.96. The van der Waals surface area contributed by atoms with Crippen molar-refractivity contribution in [2.45, 2.75) is 70.9 Å². The van der Waals surface area contributed by atoms with Crippen LogP contribution in [0.2, 0.25) is 0 Å². The van der Waals surface area contributed by atoms with Gasteiger partial charge in [-0.2, -0.15) is 22.0 Å². The molecule has 0 N–H and O–H groups in total. The summed E-state index contributed by atoms with van der Waals surface area (Å²) in [7, 11) is 0. The molecule has 0 aliphatic heterocycles. The number of halogens is 6. The Morgan fingerprint density at radius 1 is 0.857 bits per heavy atom. The lowest BCUT2D eigenvalue weighted by molar-refractivity contribution is -0.285. The normalized spacial score (nSPS) is 13.5. The zero-order chi connectivity index (χ0) is 21.8. The van der Waals surface area contributed by atoms with Gasteiger partial charge in [0, 0.05) is 12.3 Å². The molecule has 0 heterocycles. The monoisotopic (exact) mass is 438 g/mol. The molecule has 0 saturated carbocycles. The molecule has 0 rings (SSSR count). The maximum Gasteiger partial charge on any atom is 0.453 e. The lowest BCUT2D eigenvalue weighted by Crippen LogP contribution is -2.39. The highest BCUT2D eigenvalue weighted by atomic mass is 35.5. The van der Waals surface area contributed by atoms with Crippen LogP contribution in [-0.2, 0) is 19.1 Å². The molecule has 0 saturated heterocycles. The Labute approximate surface area is 167 Å². The van der Waals surface area contributed by atoms with Crippen molar-refractivity contribution in [2.75, 3.05) is 19.1 Å². The van der Waals surface area contributed by atoms with Crippen molar-refractivity contribution in [1.29, 1.82) is 0 Å². The second-order valence-electron chi connectivity index (χ2n) is 6.37. The number of ether oxygens (including phenoxy) is 2. The van der Waals surface area contributed by atoms with Crippen LogP contribution < -0.4 is 0 Å². The predicted octanol–water partition coefficient (Wildman–Crippen LogP) is 5.51. The summed E-state index contributed by atoms with van der Waals surface area (Å²) < 4.78 is 73.9. The maximum absolute atomic E-state index is 13.4. The van der Waals surface area contributed by atoms with Gasteiger partial charge in [0.1, 0.15) is 0 Å². The highest BCUT2D eigenvalue weighted by molar-refractivity contribution is 6.17. The number of carbonyl (C=O) groups is 2. The quantitative estimate of drug-likeness (QED) is 0.118. The van der Waals surface area contributed by atoms with Crippen LogP contribution in [0.1, 0.15) is 58.8 Å². The number of alkyl halides is 6. The van der Waals surface area contributed by atoms with E-state index in [2.05, 4.69) is 0 Å². The van der Waals surface area contributed by atoms with E-state index < -0.39 is 48.7 Å². The molecule has 0 aromatic heterocycles. The molecule has 0 fully saturated rings.